The van der Waals surface area contributed by atoms with Crippen molar-refractivity contribution < 1.29 is 14.3 Å². The smallest absolute Gasteiger partial charge is 0.309 e. The Kier molecular flexibility index (Phi) is 2.70. The Hall–Kier alpha value is -1.03. The number of halogens is 1. The van der Waals surface area contributed by atoms with Crippen LogP contribution in [0.15, 0.2) is 4.42 Å². The average molecular weight is 190 g/mol. The van der Waals surface area contributed by atoms with Crippen LogP contribution in [0.4, 0.5) is 0 Å². The molecule has 4 nitrogen and oxygen atoms in total. The van der Waals surface area contributed by atoms with Crippen LogP contribution in [0.25, 0.3) is 0 Å². The Labute approximate surface area is 74.2 Å². The van der Waals surface area contributed by atoms with Gasteiger partial charge in [0.1, 0.15) is 5.76 Å². The van der Waals surface area contributed by atoms with E-state index < -0.39 is 5.97 Å². The molecule has 1 aromatic rings. The molecule has 0 aromatic carbocycles. The van der Waals surface area contributed by atoms with Gasteiger partial charge in [0.05, 0.1) is 18.0 Å². The minimum Gasteiger partial charge on any atom is -0.481 e. The first-order chi connectivity index (χ1) is 5.63. The van der Waals surface area contributed by atoms with Gasteiger partial charge < -0.3 is 9.52 Å². The van der Waals surface area contributed by atoms with Crippen molar-refractivity contribution in [3.63, 3.8) is 0 Å². The van der Waals surface area contributed by atoms with Gasteiger partial charge in [0.25, 0.3) is 0 Å². The fraction of sp³-hybridized carbons (Fsp3) is 0.429. The lowest BCUT2D eigenvalue weighted by Gasteiger charge is -1.88. The van der Waals surface area contributed by atoms with E-state index in [-0.39, 0.29) is 12.3 Å². The average Bonchev–Trinajstić information content (AvgIpc) is 2.31. The van der Waals surface area contributed by atoms with Crippen LogP contribution in [0, 0.1) is 6.92 Å². The fourth-order valence-corrected chi connectivity index (χ4v) is 0.966. The van der Waals surface area contributed by atoms with E-state index in [2.05, 4.69) is 4.98 Å². The molecular formula is C7H8ClNO3. The van der Waals surface area contributed by atoms with Crippen LogP contribution in [0.5, 0.6) is 0 Å². The lowest BCUT2D eigenvalue weighted by Crippen LogP contribution is -2.01. The van der Waals surface area contributed by atoms with Crippen molar-refractivity contribution in [3.05, 3.63) is 17.3 Å². The van der Waals surface area contributed by atoms with E-state index in [0.717, 1.165) is 0 Å². The zero-order valence-corrected chi connectivity index (χ0v) is 7.26. The van der Waals surface area contributed by atoms with Crippen LogP contribution in [0.2, 0.25) is 0 Å². The maximum atomic E-state index is 10.3. The van der Waals surface area contributed by atoms with E-state index in [1.165, 1.54) is 0 Å². The first-order valence-corrected chi connectivity index (χ1v) is 3.90. The number of aromatic nitrogens is 1. The molecule has 12 heavy (non-hydrogen) atoms. The van der Waals surface area contributed by atoms with E-state index >= 15 is 0 Å². The molecular weight excluding hydrogens is 182 g/mol. The number of hydrogen-bond acceptors (Lipinski definition) is 3. The second kappa shape index (κ2) is 3.58. The van der Waals surface area contributed by atoms with Crippen molar-refractivity contribution in [2.45, 2.75) is 19.2 Å². The number of aliphatic carboxylic acids is 1. The third-order valence-electron chi connectivity index (χ3n) is 1.37. The Bertz CT molecular complexity index is 295. The first kappa shape index (κ1) is 9.06. The summed E-state index contributed by atoms with van der Waals surface area (Å²) in [4.78, 5) is 14.2. The number of hydrogen-bond donors (Lipinski definition) is 1. The molecule has 66 valence electrons. The summed E-state index contributed by atoms with van der Waals surface area (Å²) >= 11 is 5.45. The van der Waals surface area contributed by atoms with Gasteiger partial charge in [0.2, 0.25) is 5.89 Å². The largest absolute Gasteiger partial charge is 0.481 e. The van der Waals surface area contributed by atoms with Gasteiger partial charge in [0.15, 0.2) is 0 Å². The van der Waals surface area contributed by atoms with Crippen LogP contribution in [-0.4, -0.2) is 16.1 Å². The quantitative estimate of drug-likeness (QED) is 0.729. The van der Waals surface area contributed by atoms with E-state index in [0.29, 0.717) is 17.3 Å². The molecule has 0 fully saturated rings. The summed E-state index contributed by atoms with van der Waals surface area (Å²) in [7, 11) is 0. The predicted molar refractivity (Wildman–Crippen MR) is 42.1 cm³/mol. The second-order valence-corrected chi connectivity index (χ2v) is 2.58. The van der Waals surface area contributed by atoms with Crippen molar-refractivity contribution in [3.8, 4) is 0 Å². The summed E-state index contributed by atoms with van der Waals surface area (Å²) in [6.45, 7) is 1.67. The van der Waals surface area contributed by atoms with Crippen molar-refractivity contribution >= 4 is 17.6 Å². The highest BCUT2D eigenvalue weighted by atomic mass is 35.5. The third-order valence-corrected chi connectivity index (χ3v) is 1.60. The lowest BCUT2D eigenvalue weighted by atomic mass is 10.3. The highest BCUT2D eigenvalue weighted by Gasteiger charge is 2.11. The number of rotatable bonds is 3. The molecule has 0 bridgehead atoms. The molecule has 0 radical (unpaired) electrons. The summed E-state index contributed by atoms with van der Waals surface area (Å²) in [6.07, 6.45) is -0.119. The van der Waals surface area contributed by atoms with Gasteiger partial charge in [-0.05, 0) is 6.92 Å². The van der Waals surface area contributed by atoms with Crippen LogP contribution in [-0.2, 0) is 17.1 Å². The van der Waals surface area contributed by atoms with E-state index in [4.69, 9.17) is 21.1 Å². The number of oxazole rings is 1. The Balaban J connectivity index is 2.84. The van der Waals surface area contributed by atoms with Gasteiger partial charge in [-0.3, -0.25) is 4.79 Å². The lowest BCUT2D eigenvalue weighted by molar-refractivity contribution is -0.136. The highest BCUT2D eigenvalue weighted by Crippen LogP contribution is 2.11. The summed E-state index contributed by atoms with van der Waals surface area (Å²) in [5.41, 5.74) is 0.443. The summed E-state index contributed by atoms with van der Waals surface area (Å²) in [6, 6.07) is 0. The number of carboxylic acids is 1. The van der Waals surface area contributed by atoms with Crippen molar-refractivity contribution in [1.82, 2.24) is 4.98 Å². The maximum Gasteiger partial charge on any atom is 0.309 e. The Morgan fingerprint density at radius 2 is 2.42 bits per heavy atom. The Morgan fingerprint density at radius 3 is 2.83 bits per heavy atom. The summed E-state index contributed by atoms with van der Waals surface area (Å²) in [5, 5.41) is 8.46. The van der Waals surface area contributed by atoms with Crippen LogP contribution >= 0.6 is 11.6 Å². The minimum absolute atomic E-state index is 0.119. The number of aryl methyl sites for hydroxylation is 1. The molecule has 0 saturated carbocycles. The van der Waals surface area contributed by atoms with Gasteiger partial charge in [-0.2, -0.15) is 0 Å². The van der Waals surface area contributed by atoms with E-state index in [1.807, 2.05) is 0 Å². The van der Waals surface area contributed by atoms with Gasteiger partial charge in [-0.1, -0.05) is 0 Å². The molecule has 5 heteroatoms. The van der Waals surface area contributed by atoms with E-state index in [1.54, 1.807) is 6.92 Å². The van der Waals surface area contributed by atoms with Crippen molar-refractivity contribution in [2.24, 2.45) is 0 Å². The Morgan fingerprint density at radius 1 is 1.75 bits per heavy atom. The van der Waals surface area contributed by atoms with Crippen LogP contribution < -0.4 is 0 Å². The molecule has 0 unspecified atom stereocenters. The molecule has 0 spiro atoms. The van der Waals surface area contributed by atoms with E-state index in [9.17, 15) is 4.79 Å². The molecule has 0 amide bonds. The third kappa shape index (κ3) is 1.98. The van der Waals surface area contributed by atoms with Gasteiger partial charge in [0, 0.05) is 0 Å². The van der Waals surface area contributed by atoms with Gasteiger partial charge in [-0.15, -0.1) is 11.6 Å². The standard InChI is InChI=1S/C7H8ClNO3/c1-4-5(2-7(10)11)9-6(3-8)12-4/h2-3H2,1H3,(H,10,11). The zero-order valence-electron chi connectivity index (χ0n) is 6.50. The molecule has 1 rings (SSSR count). The van der Waals surface area contributed by atoms with Crippen molar-refractivity contribution in [2.75, 3.05) is 0 Å². The zero-order chi connectivity index (χ0) is 9.14. The van der Waals surface area contributed by atoms with Crippen LogP contribution in [0.3, 0.4) is 0 Å². The van der Waals surface area contributed by atoms with Crippen LogP contribution in [0.1, 0.15) is 17.3 Å². The molecule has 0 saturated heterocycles. The number of alkyl halides is 1. The first-order valence-electron chi connectivity index (χ1n) is 3.36. The predicted octanol–water partition coefficient (Wildman–Crippen LogP) is 1.35. The summed E-state index contributed by atoms with van der Waals surface area (Å²) in [5.74, 6) is 0.131. The fourth-order valence-electron chi connectivity index (χ4n) is 0.852. The molecule has 1 aromatic heterocycles. The molecule has 0 aliphatic rings. The molecule has 0 aliphatic heterocycles. The number of carbonyl (C=O) groups is 1. The normalized spacial score (nSPS) is 10.2. The topological polar surface area (TPSA) is 63.3 Å². The van der Waals surface area contributed by atoms with Crippen molar-refractivity contribution in [1.29, 1.82) is 0 Å². The second-order valence-electron chi connectivity index (χ2n) is 2.31. The van der Waals surface area contributed by atoms with Gasteiger partial charge >= 0.3 is 5.97 Å². The van der Waals surface area contributed by atoms with Gasteiger partial charge in [-0.25, -0.2) is 4.98 Å². The molecule has 1 heterocycles. The molecule has 1 N–H and O–H groups in total. The SMILES string of the molecule is Cc1oc(CCl)nc1CC(=O)O. The number of nitrogens with zero attached hydrogens (tertiary/aromatic N) is 1. The minimum atomic E-state index is -0.924. The monoisotopic (exact) mass is 189 g/mol. The maximum absolute atomic E-state index is 10.3. The summed E-state index contributed by atoms with van der Waals surface area (Å²) < 4.78 is 5.06. The number of carboxylic acid groups (broad SMARTS) is 1. The molecule has 0 aliphatic carbocycles. The molecule has 0 atom stereocenters. The highest BCUT2D eigenvalue weighted by molar-refractivity contribution is 6.16.